The molecule has 2 aromatic rings. The van der Waals surface area contributed by atoms with Crippen molar-refractivity contribution < 1.29 is 13.2 Å². The molecule has 1 aromatic heterocycles. The van der Waals surface area contributed by atoms with E-state index in [-0.39, 0.29) is 27.0 Å². The average Bonchev–Trinajstić information content (AvgIpc) is 2.97. The quantitative estimate of drug-likeness (QED) is 0.767. The highest BCUT2D eigenvalue weighted by molar-refractivity contribution is 7.89. The number of carbonyl (C=O) groups excluding carboxylic acids is 1. The van der Waals surface area contributed by atoms with E-state index in [0.717, 1.165) is 30.5 Å². The van der Waals surface area contributed by atoms with Gasteiger partial charge in [0.05, 0.1) is 21.3 Å². The molecule has 0 unspecified atom stereocenters. The van der Waals surface area contributed by atoms with Crippen molar-refractivity contribution in [3.05, 3.63) is 45.2 Å². The van der Waals surface area contributed by atoms with Crippen LogP contribution in [0.1, 0.15) is 40.9 Å². The van der Waals surface area contributed by atoms with E-state index in [4.69, 9.17) is 23.2 Å². The topological polar surface area (TPSA) is 84.3 Å². The average molecular weight is 445 g/mol. The van der Waals surface area contributed by atoms with Crippen molar-refractivity contribution in [3.63, 3.8) is 0 Å². The van der Waals surface area contributed by atoms with Crippen LogP contribution in [0.25, 0.3) is 0 Å². The smallest absolute Gasteiger partial charge is 0.253 e. The number of hydrogen-bond acceptors (Lipinski definition) is 4. The molecule has 1 amide bonds. The number of hydrogen-bond donors (Lipinski definition) is 1. The molecule has 1 aliphatic heterocycles. The van der Waals surface area contributed by atoms with E-state index >= 15 is 0 Å². The number of nitrogens with zero attached hydrogens (tertiary/aromatic N) is 3. The van der Waals surface area contributed by atoms with Crippen LogP contribution in [0.3, 0.4) is 0 Å². The highest BCUT2D eigenvalue weighted by Crippen LogP contribution is 2.31. The summed E-state index contributed by atoms with van der Waals surface area (Å²) in [4.78, 5) is 12.6. The van der Waals surface area contributed by atoms with Crippen molar-refractivity contribution in [2.24, 2.45) is 7.05 Å². The molecule has 1 N–H and O–H groups in total. The van der Waals surface area contributed by atoms with Crippen molar-refractivity contribution in [2.45, 2.75) is 37.6 Å². The van der Waals surface area contributed by atoms with Gasteiger partial charge in [0, 0.05) is 38.4 Å². The summed E-state index contributed by atoms with van der Waals surface area (Å²) in [5.74, 6) is -0.472. The fraction of sp³-hybridized carbons (Fsp3) is 0.444. The molecule has 0 spiro atoms. The Hall–Kier alpha value is -1.61. The lowest BCUT2D eigenvalue weighted by molar-refractivity contribution is 0.0951. The van der Waals surface area contributed by atoms with Gasteiger partial charge in [-0.2, -0.15) is 9.40 Å². The second-order valence-electron chi connectivity index (χ2n) is 6.82. The van der Waals surface area contributed by atoms with Gasteiger partial charge in [0.2, 0.25) is 10.0 Å². The Morgan fingerprint density at radius 1 is 1.18 bits per heavy atom. The maximum Gasteiger partial charge on any atom is 0.253 e. The fourth-order valence-electron chi connectivity index (χ4n) is 3.24. The van der Waals surface area contributed by atoms with E-state index in [2.05, 4.69) is 10.4 Å². The van der Waals surface area contributed by atoms with Crippen molar-refractivity contribution in [3.8, 4) is 0 Å². The number of rotatable bonds is 5. The fourth-order valence-corrected chi connectivity index (χ4v) is 5.59. The molecule has 1 aromatic carbocycles. The van der Waals surface area contributed by atoms with Gasteiger partial charge >= 0.3 is 0 Å². The van der Waals surface area contributed by atoms with E-state index in [1.54, 1.807) is 11.7 Å². The van der Waals surface area contributed by atoms with Crippen LogP contribution in [0, 0.1) is 6.92 Å². The Kier molecular flexibility index (Phi) is 6.34. The van der Waals surface area contributed by atoms with Gasteiger partial charge in [0.1, 0.15) is 4.90 Å². The third-order valence-corrected chi connectivity index (χ3v) is 7.43. The second kappa shape index (κ2) is 8.41. The van der Waals surface area contributed by atoms with E-state index in [1.165, 1.54) is 16.4 Å². The van der Waals surface area contributed by atoms with Crippen molar-refractivity contribution in [2.75, 3.05) is 13.1 Å². The monoisotopic (exact) mass is 444 g/mol. The number of amides is 1. The summed E-state index contributed by atoms with van der Waals surface area (Å²) in [5, 5.41) is 7.10. The van der Waals surface area contributed by atoms with E-state index < -0.39 is 15.9 Å². The van der Waals surface area contributed by atoms with Crippen LogP contribution < -0.4 is 5.32 Å². The highest BCUT2D eigenvalue weighted by Gasteiger charge is 2.29. The molecular formula is C18H22Cl2N4O3S. The zero-order valence-electron chi connectivity index (χ0n) is 15.7. The number of nitrogens with one attached hydrogen (secondary N) is 1. The maximum atomic E-state index is 13.0. The van der Waals surface area contributed by atoms with Crippen LogP contribution in [0.4, 0.5) is 0 Å². The second-order valence-corrected chi connectivity index (χ2v) is 9.54. The Balaban J connectivity index is 1.86. The molecule has 0 atom stereocenters. The van der Waals surface area contributed by atoms with Crippen LogP contribution in [0.2, 0.25) is 10.0 Å². The zero-order valence-corrected chi connectivity index (χ0v) is 18.0. The SMILES string of the molecule is Cc1nn(C)cc1CNC(=O)c1cc(S(=O)(=O)N2CCCCC2)c(Cl)cc1Cl. The van der Waals surface area contributed by atoms with Crippen LogP contribution in [-0.2, 0) is 23.6 Å². The Morgan fingerprint density at radius 2 is 1.86 bits per heavy atom. The number of halogens is 2. The summed E-state index contributed by atoms with van der Waals surface area (Å²) in [5.41, 5.74) is 1.74. The third kappa shape index (κ3) is 4.35. The van der Waals surface area contributed by atoms with Crippen molar-refractivity contribution in [1.82, 2.24) is 19.4 Å². The molecule has 1 saturated heterocycles. The first-order chi connectivity index (χ1) is 13.2. The number of piperidine rings is 1. The van der Waals surface area contributed by atoms with Gasteiger partial charge in [-0.3, -0.25) is 9.48 Å². The number of aromatic nitrogens is 2. The summed E-state index contributed by atoms with van der Waals surface area (Å²) in [6.07, 6.45) is 4.43. The summed E-state index contributed by atoms with van der Waals surface area (Å²) in [7, 11) is -1.99. The molecular weight excluding hydrogens is 423 g/mol. The highest BCUT2D eigenvalue weighted by atomic mass is 35.5. The van der Waals surface area contributed by atoms with Crippen LogP contribution >= 0.6 is 23.2 Å². The van der Waals surface area contributed by atoms with Crippen LogP contribution in [-0.4, -0.2) is 41.5 Å². The molecule has 10 heteroatoms. The van der Waals surface area contributed by atoms with Gasteiger partial charge in [-0.1, -0.05) is 29.6 Å². The Morgan fingerprint density at radius 3 is 2.46 bits per heavy atom. The molecule has 7 nitrogen and oxygen atoms in total. The number of sulfonamides is 1. The maximum absolute atomic E-state index is 13.0. The third-order valence-electron chi connectivity index (χ3n) is 4.75. The lowest BCUT2D eigenvalue weighted by Gasteiger charge is -2.26. The van der Waals surface area contributed by atoms with Crippen molar-refractivity contribution >= 4 is 39.1 Å². The minimum atomic E-state index is -3.79. The van der Waals surface area contributed by atoms with E-state index in [9.17, 15) is 13.2 Å². The first-order valence-corrected chi connectivity index (χ1v) is 11.2. The normalized spacial score (nSPS) is 15.6. The number of benzene rings is 1. The Labute approximate surface area is 174 Å². The molecule has 1 aliphatic rings. The summed E-state index contributed by atoms with van der Waals surface area (Å²) >= 11 is 12.4. The van der Waals surface area contributed by atoms with Gasteiger partial charge in [-0.15, -0.1) is 0 Å². The minimum absolute atomic E-state index is 0.00947. The zero-order chi connectivity index (χ0) is 20.5. The van der Waals surface area contributed by atoms with Gasteiger partial charge in [-0.25, -0.2) is 8.42 Å². The first-order valence-electron chi connectivity index (χ1n) is 8.96. The summed E-state index contributed by atoms with van der Waals surface area (Å²) in [6.45, 7) is 3.00. The van der Waals surface area contributed by atoms with Gasteiger partial charge in [0.15, 0.2) is 0 Å². The minimum Gasteiger partial charge on any atom is -0.348 e. The molecule has 2 heterocycles. The predicted molar refractivity (Wildman–Crippen MR) is 108 cm³/mol. The van der Waals surface area contributed by atoms with E-state index in [1.807, 2.05) is 13.1 Å². The number of aryl methyl sites for hydroxylation is 2. The molecule has 0 bridgehead atoms. The molecule has 3 rings (SSSR count). The molecule has 0 saturated carbocycles. The Bertz CT molecular complexity index is 998. The van der Waals surface area contributed by atoms with Crippen LogP contribution in [0.15, 0.2) is 23.2 Å². The van der Waals surface area contributed by atoms with Crippen LogP contribution in [0.5, 0.6) is 0 Å². The summed E-state index contributed by atoms with van der Waals surface area (Å²) in [6, 6.07) is 2.57. The van der Waals surface area contributed by atoms with E-state index in [0.29, 0.717) is 13.1 Å². The molecule has 152 valence electrons. The lowest BCUT2D eigenvalue weighted by atomic mass is 10.2. The molecule has 1 fully saturated rings. The predicted octanol–water partition coefficient (Wildman–Crippen LogP) is 3.14. The van der Waals surface area contributed by atoms with Crippen molar-refractivity contribution in [1.29, 1.82) is 0 Å². The summed E-state index contributed by atoms with van der Waals surface area (Å²) < 4.78 is 29.0. The molecule has 0 aliphatic carbocycles. The first kappa shape index (κ1) is 21.1. The molecule has 28 heavy (non-hydrogen) atoms. The molecule has 0 radical (unpaired) electrons. The standard InChI is InChI=1S/C18H22Cl2N4O3S/c1-12-13(11-23(2)22-12)10-21-18(25)14-8-17(16(20)9-15(14)19)28(26,27)24-6-4-3-5-7-24/h8-9,11H,3-7,10H2,1-2H3,(H,21,25). The number of carbonyl (C=O) groups is 1. The van der Waals surface area contributed by atoms with Gasteiger partial charge in [0.25, 0.3) is 5.91 Å². The lowest BCUT2D eigenvalue weighted by Crippen LogP contribution is -2.36. The van der Waals surface area contributed by atoms with Gasteiger partial charge in [-0.05, 0) is 31.9 Å². The largest absolute Gasteiger partial charge is 0.348 e. The van der Waals surface area contributed by atoms with Gasteiger partial charge < -0.3 is 5.32 Å².